The van der Waals surface area contributed by atoms with Gasteiger partial charge in [-0.2, -0.15) is 0 Å². The van der Waals surface area contributed by atoms with Gasteiger partial charge in [-0.15, -0.1) is 0 Å². The fourth-order valence-electron chi connectivity index (χ4n) is 3.84. The Labute approximate surface area is 238 Å². The zero-order chi connectivity index (χ0) is 28.6. The number of halogens is 3. The van der Waals surface area contributed by atoms with Crippen LogP contribution < -0.4 is 9.62 Å². The van der Waals surface area contributed by atoms with Crippen molar-refractivity contribution in [3.8, 4) is 0 Å². The third-order valence-electron chi connectivity index (χ3n) is 6.08. The van der Waals surface area contributed by atoms with Gasteiger partial charge in [0.05, 0.1) is 10.6 Å². The molecule has 1 atom stereocenters. The van der Waals surface area contributed by atoms with E-state index in [1.54, 1.807) is 25.1 Å². The summed E-state index contributed by atoms with van der Waals surface area (Å²) in [4.78, 5) is 27.9. The SMILES string of the molecule is CCCCNC(=O)C(C)N(Cc1ccc(Cl)cc1Cl)C(=O)CN(c1ccccc1F)S(=O)(=O)c1ccccc1. The predicted octanol–water partition coefficient (Wildman–Crippen LogP) is 5.66. The average Bonchev–Trinajstić information content (AvgIpc) is 2.92. The largest absolute Gasteiger partial charge is 0.354 e. The molecule has 7 nitrogen and oxygen atoms in total. The highest BCUT2D eigenvalue weighted by molar-refractivity contribution is 7.92. The monoisotopic (exact) mass is 593 g/mol. The second kappa shape index (κ2) is 13.8. The molecule has 0 aliphatic heterocycles. The molecule has 0 heterocycles. The zero-order valence-corrected chi connectivity index (χ0v) is 23.9. The molecule has 3 aromatic rings. The van der Waals surface area contributed by atoms with Crippen molar-refractivity contribution in [2.45, 2.75) is 44.2 Å². The van der Waals surface area contributed by atoms with E-state index in [2.05, 4.69) is 5.32 Å². The molecule has 11 heteroatoms. The van der Waals surface area contributed by atoms with E-state index in [-0.39, 0.29) is 22.2 Å². The highest BCUT2D eigenvalue weighted by Crippen LogP contribution is 2.28. The molecule has 0 bridgehead atoms. The van der Waals surface area contributed by atoms with Crippen LogP contribution in [-0.4, -0.2) is 44.3 Å². The number of hydrogen-bond acceptors (Lipinski definition) is 4. The van der Waals surface area contributed by atoms with Crippen molar-refractivity contribution in [3.05, 3.63) is 94.2 Å². The lowest BCUT2D eigenvalue weighted by Crippen LogP contribution is -2.51. The average molecular weight is 595 g/mol. The van der Waals surface area contributed by atoms with Gasteiger partial charge < -0.3 is 10.2 Å². The zero-order valence-electron chi connectivity index (χ0n) is 21.6. The summed E-state index contributed by atoms with van der Waals surface area (Å²) in [5.74, 6) is -1.95. The van der Waals surface area contributed by atoms with E-state index >= 15 is 0 Å². The number of nitrogens with zero attached hydrogens (tertiary/aromatic N) is 2. The van der Waals surface area contributed by atoms with Crippen LogP contribution in [0.4, 0.5) is 10.1 Å². The van der Waals surface area contributed by atoms with E-state index in [1.165, 1.54) is 53.4 Å². The van der Waals surface area contributed by atoms with Crippen LogP contribution >= 0.6 is 23.2 Å². The number of nitrogens with one attached hydrogen (secondary N) is 1. The smallest absolute Gasteiger partial charge is 0.264 e. The Balaban J connectivity index is 2.02. The van der Waals surface area contributed by atoms with Crippen molar-refractivity contribution in [2.75, 3.05) is 17.4 Å². The molecule has 208 valence electrons. The van der Waals surface area contributed by atoms with Crippen LogP contribution in [0, 0.1) is 5.82 Å². The molecule has 0 fully saturated rings. The molecule has 3 aromatic carbocycles. The van der Waals surface area contributed by atoms with E-state index < -0.39 is 40.2 Å². The summed E-state index contributed by atoms with van der Waals surface area (Å²) in [6.07, 6.45) is 1.62. The lowest BCUT2D eigenvalue weighted by molar-refractivity contribution is -0.139. The van der Waals surface area contributed by atoms with Crippen molar-refractivity contribution >= 4 is 50.7 Å². The van der Waals surface area contributed by atoms with Crippen molar-refractivity contribution in [1.82, 2.24) is 10.2 Å². The molecule has 0 saturated carbocycles. The third kappa shape index (κ3) is 7.71. The van der Waals surface area contributed by atoms with Gasteiger partial charge in [0, 0.05) is 23.1 Å². The number of unbranched alkanes of at least 4 members (excludes halogenated alkanes) is 1. The molecule has 0 radical (unpaired) electrons. The Morgan fingerprint density at radius 2 is 1.67 bits per heavy atom. The van der Waals surface area contributed by atoms with Crippen LogP contribution in [-0.2, 0) is 26.2 Å². The first kappa shape index (κ1) is 30.4. The second-order valence-corrected chi connectivity index (χ2v) is 11.6. The Hall–Kier alpha value is -3.14. The Morgan fingerprint density at radius 3 is 2.31 bits per heavy atom. The maximum absolute atomic E-state index is 14.9. The first-order valence-electron chi connectivity index (χ1n) is 12.4. The molecule has 0 aromatic heterocycles. The summed E-state index contributed by atoms with van der Waals surface area (Å²) < 4.78 is 42.9. The van der Waals surface area contributed by atoms with Gasteiger partial charge in [-0.05, 0) is 55.3 Å². The number of benzene rings is 3. The summed E-state index contributed by atoms with van der Waals surface area (Å²) in [6, 6.07) is 16.5. The van der Waals surface area contributed by atoms with Crippen molar-refractivity contribution in [1.29, 1.82) is 0 Å². The number of anilines is 1. The van der Waals surface area contributed by atoms with Gasteiger partial charge in [-0.3, -0.25) is 13.9 Å². The topological polar surface area (TPSA) is 86.8 Å². The molecule has 1 N–H and O–H groups in total. The van der Waals surface area contributed by atoms with Crippen LogP contribution in [0.1, 0.15) is 32.3 Å². The van der Waals surface area contributed by atoms with Crippen molar-refractivity contribution in [3.63, 3.8) is 0 Å². The van der Waals surface area contributed by atoms with Gasteiger partial charge in [0.15, 0.2) is 0 Å². The summed E-state index contributed by atoms with van der Waals surface area (Å²) >= 11 is 12.4. The summed E-state index contributed by atoms with van der Waals surface area (Å²) in [5, 5.41) is 3.47. The molecule has 0 spiro atoms. The summed E-state index contributed by atoms with van der Waals surface area (Å²) in [7, 11) is -4.35. The minimum absolute atomic E-state index is 0.103. The fourth-order valence-corrected chi connectivity index (χ4v) is 5.75. The van der Waals surface area contributed by atoms with Gasteiger partial charge in [0.25, 0.3) is 10.0 Å². The highest BCUT2D eigenvalue weighted by Gasteiger charge is 2.33. The lowest BCUT2D eigenvalue weighted by Gasteiger charge is -2.32. The van der Waals surface area contributed by atoms with Crippen LogP contribution in [0.2, 0.25) is 10.0 Å². The molecular formula is C28H30Cl2FN3O4S. The van der Waals surface area contributed by atoms with E-state index in [0.29, 0.717) is 17.1 Å². The number of sulfonamides is 1. The van der Waals surface area contributed by atoms with Crippen molar-refractivity contribution in [2.24, 2.45) is 0 Å². The normalized spacial score (nSPS) is 12.0. The standard InChI is InChI=1S/C28H30Cl2FN3O4S/c1-3-4-16-32-28(36)20(2)33(18-21-14-15-22(29)17-24(21)30)27(35)19-34(26-13-9-8-12-25(26)31)39(37,38)23-10-6-5-7-11-23/h5-15,17,20H,3-4,16,18-19H2,1-2H3,(H,32,36). The number of carbonyl (C=O) groups excluding carboxylic acids is 2. The van der Waals surface area contributed by atoms with Gasteiger partial charge in [-0.1, -0.05) is 72.9 Å². The van der Waals surface area contributed by atoms with E-state index in [4.69, 9.17) is 23.2 Å². The molecule has 2 amide bonds. The first-order valence-corrected chi connectivity index (χ1v) is 14.6. The minimum Gasteiger partial charge on any atom is -0.354 e. The molecule has 0 aliphatic rings. The fraction of sp³-hybridized carbons (Fsp3) is 0.286. The van der Waals surface area contributed by atoms with Gasteiger partial charge in [0.1, 0.15) is 18.4 Å². The number of para-hydroxylation sites is 1. The molecule has 0 aliphatic carbocycles. The van der Waals surface area contributed by atoms with Gasteiger partial charge in [-0.25, -0.2) is 12.8 Å². The molecule has 1 unspecified atom stereocenters. The molecular weight excluding hydrogens is 564 g/mol. The molecule has 39 heavy (non-hydrogen) atoms. The molecule has 0 saturated heterocycles. The number of hydrogen-bond donors (Lipinski definition) is 1. The number of amides is 2. The van der Waals surface area contributed by atoms with E-state index in [0.717, 1.165) is 23.2 Å². The molecule has 3 rings (SSSR count). The van der Waals surface area contributed by atoms with Crippen LogP contribution in [0.15, 0.2) is 77.7 Å². The summed E-state index contributed by atoms with van der Waals surface area (Å²) in [6.45, 7) is 3.09. The summed E-state index contributed by atoms with van der Waals surface area (Å²) in [5.41, 5.74) is 0.213. The lowest BCUT2D eigenvalue weighted by atomic mass is 10.1. The van der Waals surface area contributed by atoms with Gasteiger partial charge >= 0.3 is 0 Å². The Morgan fingerprint density at radius 1 is 1.00 bits per heavy atom. The number of carbonyl (C=O) groups is 2. The highest BCUT2D eigenvalue weighted by atomic mass is 35.5. The van der Waals surface area contributed by atoms with Crippen molar-refractivity contribution < 1.29 is 22.4 Å². The quantitative estimate of drug-likeness (QED) is 0.274. The minimum atomic E-state index is -4.35. The van der Waals surface area contributed by atoms with E-state index in [1.807, 2.05) is 6.92 Å². The Kier molecular flexibility index (Phi) is 10.7. The van der Waals surface area contributed by atoms with E-state index in [9.17, 15) is 22.4 Å². The third-order valence-corrected chi connectivity index (χ3v) is 8.44. The van der Waals surface area contributed by atoms with Gasteiger partial charge in [0.2, 0.25) is 11.8 Å². The predicted molar refractivity (Wildman–Crippen MR) is 152 cm³/mol. The first-order chi connectivity index (χ1) is 18.6. The van der Waals surface area contributed by atoms with Crippen LogP contribution in [0.25, 0.3) is 0 Å². The second-order valence-electron chi connectivity index (χ2n) is 8.85. The maximum atomic E-state index is 14.9. The van der Waals surface area contributed by atoms with Crippen LogP contribution in [0.3, 0.4) is 0 Å². The van der Waals surface area contributed by atoms with Crippen LogP contribution in [0.5, 0.6) is 0 Å². The Bertz CT molecular complexity index is 1410. The number of rotatable bonds is 12. The maximum Gasteiger partial charge on any atom is 0.264 e.